The van der Waals surface area contributed by atoms with Crippen molar-refractivity contribution >= 4 is 5.91 Å². The number of nitrogens with zero attached hydrogens (tertiary/aromatic N) is 1. The van der Waals surface area contributed by atoms with Crippen LogP contribution in [0.4, 0.5) is 0 Å². The zero-order valence-electron chi connectivity index (χ0n) is 12.9. The lowest BCUT2D eigenvalue weighted by atomic mass is 9.87. The smallest absolute Gasteiger partial charge is 0.224 e. The molecule has 1 aliphatic carbocycles. The summed E-state index contributed by atoms with van der Waals surface area (Å²) >= 11 is 0. The van der Waals surface area contributed by atoms with Crippen molar-refractivity contribution in [3.8, 4) is 0 Å². The Labute approximate surface area is 122 Å². The summed E-state index contributed by atoms with van der Waals surface area (Å²) < 4.78 is 0. The Morgan fingerprint density at radius 3 is 2.95 bits per heavy atom. The number of amides is 1. The van der Waals surface area contributed by atoms with Gasteiger partial charge in [0, 0.05) is 19.5 Å². The van der Waals surface area contributed by atoms with E-state index in [2.05, 4.69) is 43.4 Å². The lowest BCUT2D eigenvalue weighted by Gasteiger charge is -2.34. The van der Waals surface area contributed by atoms with Gasteiger partial charge in [0.05, 0.1) is 6.04 Å². The largest absolute Gasteiger partial charge is 0.339 e. The fraction of sp³-hybridized carbons (Fsp3) is 0.588. The minimum Gasteiger partial charge on any atom is -0.339 e. The number of carbonyl (C=O) groups is 1. The molecule has 0 aliphatic heterocycles. The molecule has 0 radical (unpaired) electrons. The number of hydrogen-bond acceptors (Lipinski definition) is 2. The third-order valence-corrected chi connectivity index (χ3v) is 4.23. The molecule has 1 aliphatic rings. The Balaban J connectivity index is 2.06. The molecule has 110 valence electrons. The van der Waals surface area contributed by atoms with E-state index in [0.29, 0.717) is 6.42 Å². The Bertz CT molecular complexity index is 458. The molecule has 0 aromatic heterocycles. The standard InChI is InChI=1S/C17H26N2O/c1-4-18-13(2)12-17(20)19(3)16-11-7-9-14-8-5-6-10-15(14)16/h5-6,8,10,13,16,18H,4,7,9,11-12H2,1-3H3. The summed E-state index contributed by atoms with van der Waals surface area (Å²) in [6, 6.07) is 9.04. The predicted octanol–water partition coefficient (Wildman–Crippen LogP) is 2.91. The number of carbonyl (C=O) groups excluding carboxylic acids is 1. The zero-order valence-corrected chi connectivity index (χ0v) is 12.9. The van der Waals surface area contributed by atoms with Gasteiger partial charge in [-0.3, -0.25) is 4.79 Å². The van der Waals surface area contributed by atoms with Gasteiger partial charge in [0.1, 0.15) is 0 Å². The van der Waals surface area contributed by atoms with E-state index in [9.17, 15) is 4.79 Å². The first-order valence-electron chi connectivity index (χ1n) is 7.70. The van der Waals surface area contributed by atoms with Gasteiger partial charge in [-0.1, -0.05) is 31.2 Å². The summed E-state index contributed by atoms with van der Waals surface area (Å²) in [6.07, 6.45) is 3.96. The van der Waals surface area contributed by atoms with E-state index in [4.69, 9.17) is 0 Å². The van der Waals surface area contributed by atoms with Crippen LogP contribution in [-0.4, -0.2) is 30.4 Å². The minimum absolute atomic E-state index is 0.236. The van der Waals surface area contributed by atoms with Gasteiger partial charge in [-0.25, -0.2) is 0 Å². The third-order valence-electron chi connectivity index (χ3n) is 4.23. The van der Waals surface area contributed by atoms with E-state index in [-0.39, 0.29) is 18.0 Å². The molecule has 3 nitrogen and oxygen atoms in total. The molecule has 0 saturated heterocycles. The molecule has 0 heterocycles. The number of benzene rings is 1. The van der Waals surface area contributed by atoms with Crippen molar-refractivity contribution in [2.45, 2.75) is 51.6 Å². The summed E-state index contributed by atoms with van der Waals surface area (Å²) in [5.74, 6) is 0.236. The average Bonchev–Trinajstić information content (AvgIpc) is 2.46. The van der Waals surface area contributed by atoms with Crippen molar-refractivity contribution in [2.75, 3.05) is 13.6 Å². The van der Waals surface area contributed by atoms with Gasteiger partial charge in [0.15, 0.2) is 0 Å². The van der Waals surface area contributed by atoms with Gasteiger partial charge in [-0.05, 0) is 43.9 Å². The topological polar surface area (TPSA) is 32.3 Å². The number of rotatable bonds is 5. The molecule has 2 rings (SSSR count). The molecule has 0 spiro atoms. The van der Waals surface area contributed by atoms with Gasteiger partial charge in [-0.15, -0.1) is 0 Å². The van der Waals surface area contributed by atoms with E-state index in [1.54, 1.807) is 0 Å². The van der Waals surface area contributed by atoms with Crippen LogP contribution in [0.3, 0.4) is 0 Å². The Kier molecular flexibility index (Phi) is 5.18. The molecule has 0 saturated carbocycles. The predicted molar refractivity (Wildman–Crippen MR) is 82.6 cm³/mol. The monoisotopic (exact) mass is 274 g/mol. The highest BCUT2D eigenvalue weighted by Crippen LogP contribution is 2.33. The normalized spacial score (nSPS) is 19.2. The Morgan fingerprint density at radius 1 is 1.45 bits per heavy atom. The Morgan fingerprint density at radius 2 is 2.20 bits per heavy atom. The molecule has 1 N–H and O–H groups in total. The fourth-order valence-electron chi connectivity index (χ4n) is 3.13. The minimum atomic E-state index is 0.236. The van der Waals surface area contributed by atoms with Crippen molar-refractivity contribution in [1.82, 2.24) is 10.2 Å². The number of fused-ring (bicyclic) bond motifs is 1. The van der Waals surface area contributed by atoms with Gasteiger partial charge in [0.2, 0.25) is 5.91 Å². The highest BCUT2D eigenvalue weighted by Gasteiger charge is 2.26. The van der Waals surface area contributed by atoms with Crippen LogP contribution in [0, 0.1) is 0 Å². The van der Waals surface area contributed by atoms with Gasteiger partial charge in [0.25, 0.3) is 0 Å². The fourth-order valence-corrected chi connectivity index (χ4v) is 3.13. The first-order chi connectivity index (χ1) is 9.63. The maximum Gasteiger partial charge on any atom is 0.224 e. The molecular weight excluding hydrogens is 248 g/mol. The summed E-state index contributed by atoms with van der Waals surface area (Å²) in [6.45, 7) is 5.05. The quantitative estimate of drug-likeness (QED) is 0.895. The van der Waals surface area contributed by atoms with E-state index < -0.39 is 0 Å². The van der Waals surface area contributed by atoms with Crippen LogP contribution in [0.1, 0.15) is 50.3 Å². The first kappa shape index (κ1) is 15.0. The molecule has 3 heteroatoms. The number of aryl methyl sites for hydroxylation is 1. The first-order valence-corrected chi connectivity index (χ1v) is 7.70. The second kappa shape index (κ2) is 6.89. The van der Waals surface area contributed by atoms with Crippen LogP contribution in [0.15, 0.2) is 24.3 Å². The SMILES string of the molecule is CCNC(C)CC(=O)N(C)C1CCCc2ccccc21. The highest BCUT2D eigenvalue weighted by molar-refractivity contribution is 5.77. The lowest BCUT2D eigenvalue weighted by Crippen LogP contribution is -2.37. The average molecular weight is 274 g/mol. The van der Waals surface area contributed by atoms with E-state index >= 15 is 0 Å². The molecule has 20 heavy (non-hydrogen) atoms. The van der Waals surface area contributed by atoms with Crippen molar-refractivity contribution in [2.24, 2.45) is 0 Å². The summed E-state index contributed by atoms with van der Waals surface area (Å²) in [5.41, 5.74) is 2.74. The van der Waals surface area contributed by atoms with Crippen LogP contribution in [-0.2, 0) is 11.2 Å². The van der Waals surface area contributed by atoms with Crippen molar-refractivity contribution < 1.29 is 4.79 Å². The van der Waals surface area contributed by atoms with Crippen LogP contribution in [0.25, 0.3) is 0 Å². The molecule has 2 atom stereocenters. The van der Waals surface area contributed by atoms with Crippen LogP contribution in [0.2, 0.25) is 0 Å². The Hall–Kier alpha value is -1.35. The van der Waals surface area contributed by atoms with Crippen molar-refractivity contribution in [1.29, 1.82) is 0 Å². The molecule has 0 fully saturated rings. The molecule has 1 aromatic rings. The lowest BCUT2D eigenvalue weighted by molar-refractivity contribution is -0.132. The second-order valence-corrected chi connectivity index (χ2v) is 5.77. The number of nitrogens with one attached hydrogen (secondary N) is 1. The van der Waals surface area contributed by atoms with E-state index in [1.807, 2.05) is 11.9 Å². The molecule has 1 amide bonds. The van der Waals surface area contributed by atoms with Crippen LogP contribution >= 0.6 is 0 Å². The van der Waals surface area contributed by atoms with E-state index in [0.717, 1.165) is 19.4 Å². The zero-order chi connectivity index (χ0) is 14.5. The molecule has 2 unspecified atom stereocenters. The van der Waals surface area contributed by atoms with Crippen molar-refractivity contribution in [3.05, 3.63) is 35.4 Å². The van der Waals surface area contributed by atoms with Gasteiger partial charge >= 0.3 is 0 Å². The molecule has 1 aromatic carbocycles. The molecule has 0 bridgehead atoms. The second-order valence-electron chi connectivity index (χ2n) is 5.77. The van der Waals surface area contributed by atoms with E-state index in [1.165, 1.54) is 17.5 Å². The maximum atomic E-state index is 12.4. The van der Waals surface area contributed by atoms with Crippen LogP contribution in [0.5, 0.6) is 0 Å². The third kappa shape index (κ3) is 3.40. The maximum absolute atomic E-state index is 12.4. The summed E-state index contributed by atoms with van der Waals surface area (Å²) in [7, 11) is 1.95. The van der Waals surface area contributed by atoms with Crippen molar-refractivity contribution in [3.63, 3.8) is 0 Å². The van der Waals surface area contributed by atoms with Gasteiger partial charge in [-0.2, -0.15) is 0 Å². The summed E-state index contributed by atoms with van der Waals surface area (Å²) in [4.78, 5) is 14.4. The summed E-state index contributed by atoms with van der Waals surface area (Å²) in [5, 5.41) is 3.31. The number of hydrogen-bond donors (Lipinski definition) is 1. The highest BCUT2D eigenvalue weighted by atomic mass is 16.2. The molecular formula is C17H26N2O. The van der Waals surface area contributed by atoms with Gasteiger partial charge < -0.3 is 10.2 Å². The van der Waals surface area contributed by atoms with Crippen LogP contribution < -0.4 is 5.32 Å².